The fourth-order valence-electron chi connectivity index (χ4n) is 0.835. The molecule has 0 aromatic rings. The molecule has 10 heavy (non-hydrogen) atoms. The van der Waals surface area contributed by atoms with Crippen molar-refractivity contribution in [3.05, 3.63) is 24.0 Å². The lowest BCUT2D eigenvalue weighted by Gasteiger charge is -1.95. The number of methoxy groups -OCH3 is 1. The van der Waals surface area contributed by atoms with Crippen LogP contribution < -0.4 is 0 Å². The molecule has 0 fully saturated rings. The molecule has 0 saturated carbocycles. The van der Waals surface area contributed by atoms with Gasteiger partial charge in [-0.05, 0) is 31.1 Å². The Morgan fingerprint density at radius 2 is 2.30 bits per heavy atom. The maximum atomic E-state index is 5.03. The molecule has 1 aliphatic carbocycles. The van der Waals surface area contributed by atoms with E-state index < -0.39 is 0 Å². The molecule has 0 atom stereocenters. The zero-order chi connectivity index (χ0) is 7.40. The Morgan fingerprint density at radius 1 is 1.50 bits per heavy atom. The number of hydrogen-bond acceptors (Lipinski definition) is 2. The molecular formula is C8H10OS. The summed E-state index contributed by atoms with van der Waals surface area (Å²) in [4.78, 5) is 1.00. The third kappa shape index (κ3) is 1.95. The number of rotatable bonds is 1. The zero-order valence-electron chi connectivity index (χ0n) is 5.96. The molecule has 2 heteroatoms. The average Bonchev–Trinajstić information content (AvgIpc) is 2.14. The minimum absolute atomic E-state index is 0.917. The maximum Gasteiger partial charge on any atom is 0.114 e. The highest BCUT2D eigenvalue weighted by Crippen LogP contribution is 2.08. The van der Waals surface area contributed by atoms with E-state index in [1.807, 2.05) is 12.2 Å². The van der Waals surface area contributed by atoms with Crippen LogP contribution in [-0.2, 0) is 4.74 Å². The Hall–Kier alpha value is -0.630. The number of thiocarbonyl (C=S) groups is 1. The van der Waals surface area contributed by atoms with Crippen LogP contribution in [0.15, 0.2) is 24.0 Å². The van der Waals surface area contributed by atoms with E-state index in [2.05, 4.69) is 6.08 Å². The van der Waals surface area contributed by atoms with Crippen LogP contribution >= 0.6 is 12.2 Å². The third-order valence-electron chi connectivity index (χ3n) is 1.41. The summed E-state index contributed by atoms with van der Waals surface area (Å²) >= 11 is 5.02. The largest absolute Gasteiger partial charge is 0.497 e. The number of ether oxygens (including phenoxy) is 1. The van der Waals surface area contributed by atoms with Gasteiger partial charge in [0.05, 0.1) is 7.11 Å². The molecule has 0 aliphatic heterocycles. The van der Waals surface area contributed by atoms with Gasteiger partial charge < -0.3 is 4.74 Å². The van der Waals surface area contributed by atoms with E-state index in [4.69, 9.17) is 17.0 Å². The molecule has 1 aliphatic rings. The van der Waals surface area contributed by atoms with Crippen LogP contribution in [0.4, 0.5) is 0 Å². The lowest BCUT2D eigenvalue weighted by Crippen LogP contribution is -1.83. The normalized spacial score (nSPS) is 18.1. The van der Waals surface area contributed by atoms with E-state index >= 15 is 0 Å². The summed E-state index contributed by atoms with van der Waals surface area (Å²) in [6.07, 6.45) is 7.86. The predicted octanol–water partition coefficient (Wildman–Crippen LogP) is 2.24. The van der Waals surface area contributed by atoms with Crippen molar-refractivity contribution in [2.45, 2.75) is 12.8 Å². The number of allylic oxidation sites excluding steroid dienone is 3. The highest BCUT2D eigenvalue weighted by molar-refractivity contribution is 7.80. The van der Waals surface area contributed by atoms with Gasteiger partial charge in [0.15, 0.2) is 0 Å². The second kappa shape index (κ2) is 3.52. The molecule has 1 rings (SSSR count). The molecule has 0 radical (unpaired) electrons. The van der Waals surface area contributed by atoms with Crippen LogP contribution in [0.1, 0.15) is 12.8 Å². The lowest BCUT2D eigenvalue weighted by atomic mass is 10.2. The van der Waals surface area contributed by atoms with Gasteiger partial charge in [0.2, 0.25) is 0 Å². The number of hydrogen-bond donors (Lipinski definition) is 0. The van der Waals surface area contributed by atoms with Crippen molar-refractivity contribution in [2.75, 3.05) is 7.11 Å². The molecule has 0 heterocycles. The lowest BCUT2D eigenvalue weighted by molar-refractivity contribution is 0.305. The molecule has 0 saturated heterocycles. The van der Waals surface area contributed by atoms with Gasteiger partial charge in [-0.2, -0.15) is 0 Å². The molecule has 0 N–H and O–H groups in total. The van der Waals surface area contributed by atoms with Crippen LogP contribution in [0.5, 0.6) is 0 Å². The molecule has 0 unspecified atom stereocenters. The summed E-state index contributed by atoms with van der Waals surface area (Å²) in [6, 6.07) is 0. The second-order valence-corrected chi connectivity index (χ2v) is 2.67. The smallest absolute Gasteiger partial charge is 0.114 e. The molecule has 0 bridgehead atoms. The van der Waals surface area contributed by atoms with Crippen LogP contribution in [-0.4, -0.2) is 12.0 Å². The van der Waals surface area contributed by atoms with E-state index in [0.717, 1.165) is 23.5 Å². The Balaban J connectivity index is 2.66. The standard InChI is InChI=1S/C8H10OS/c1-9-7-3-2-4-8(10)6-5-7/h3,5-6H,2,4H2,1H3. The van der Waals surface area contributed by atoms with Crippen molar-refractivity contribution in [2.24, 2.45) is 0 Å². The van der Waals surface area contributed by atoms with E-state index in [-0.39, 0.29) is 0 Å². The monoisotopic (exact) mass is 154 g/mol. The fraction of sp³-hybridized carbons (Fsp3) is 0.375. The Labute approximate surface area is 66.4 Å². The molecule has 1 nitrogen and oxygen atoms in total. The Bertz CT molecular complexity index is 191. The SMILES string of the molecule is COC1=CCCC(=S)C=C1. The summed E-state index contributed by atoms with van der Waals surface area (Å²) in [6.45, 7) is 0. The summed E-state index contributed by atoms with van der Waals surface area (Å²) in [5.74, 6) is 0.917. The minimum Gasteiger partial charge on any atom is -0.497 e. The van der Waals surface area contributed by atoms with Gasteiger partial charge in [-0.25, -0.2) is 0 Å². The first-order valence-corrected chi connectivity index (χ1v) is 3.69. The summed E-state index contributed by atoms with van der Waals surface area (Å²) < 4.78 is 5.03. The van der Waals surface area contributed by atoms with Crippen molar-refractivity contribution < 1.29 is 4.74 Å². The van der Waals surface area contributed by atoms with Crippen LogP contribution in [0.2, 0.25) is 0 Å². The topological polar surface area (TPSA) is 9.23 Å². The Kier molecular flexibility index (Phi) is 2.63. The quantitative estimate of drug-likeness (QED) is 0.536. The van der Waals surface area contributed by atoms with Gasteiger partial charge in [0.1, 0.15) is 5.76 Å². The van der Waals surface area contributed by atoms with Gasteiger partial charge in [0.25, 0.3) is 0 Å². The van der Waals surface area contributed by atoms with Crippen LogP contribution in [0, 0.1) is 0 Å². The van der Waals surface area contributed by atoms with Crippen molar-refractivity contribution in [3.8, 4) is 0 Å². The van der Waals surface area contributed by atoms with Crippen molar-refractivity contribution in [1.82, 2.24) is 0 Å². The molecular weight excluding hydrogens is 144 g/mol. The first-order chi connectivity index (χ1) is 4.83. The van der Waals surface area contributed by atoms with Crippen molar-refractivity contribution in [1.29, 1.82) is 0 Å². The fourth-order valence-corrected chi connectivity index (χ4v) is 1.02. The minimum atomic E-state index is 0.917. The van der Waals surface area contributed by atoms with Crippen LogP contribution in [0.25, 0.3) is 0 Å². The van der Waals surface area contributed by atoms with Crippen molar-refractivity contribution >= 4 is 17.1 Å². The summed E-state index contributed by atoms with van der Waals surface area (Å²) in [5.41, 5.74) is 0. The molecule has 0 aromatic heterocycles. The summed E-state index contributed by atoms with van der Waals surface area (Å²) in [7, 11) is 1.67. The highest BCUT2D eigenvalue weighted by Gasteiger charge is 1.97. The predicted molar refractivity (Wildman–Crippen MR) is 46.1 cm³/mol. The molecule has 0 amide bonds. The van der Waals surface area contributed by atoms with E-state index in [1.54, 1.807) is 7.11 Å². The van der Waals surface area contributed by atoms with E-state index in [9.17, 15) is 0 Å². The van der Waals surface area contributed by atoms with Gasteiger partial charge >= 0.3 is 0 Å². The maximum absolute atomic E-state index is 5.03. The van der Waals surface area contributed by atoms with Gasteiger partial charge in [-0.1, -0.05) is 12.2 Å². The van der Waals surface area contributed by atoms with E-state index in [0.29, 0.717) is 0 Å². The molecule has 0 spiro atoms. The first-order valence-electron chi connectivity index (χ1n) is 3.28. The second-order valence-electron chi connectivity index (χ2n) is 2.15. The first kappa shape index (κ1) is 7.48. The Morgan fingerprint density at radius 3 is 3.00 bits per heavy atom. The van der Waals surface area contributed by atoms with E-state index in [1.165, 1.54) is 0 Å². The van der Waals surface area contributed by atoms with Crippen molar-refractivity contribution in [3.63, 3.8) is 0 Å². The highest BCUT2D eigenvalue weighted by atomic mass is 32.1. The van der Waals surface area contributed by atoms with Gasteiger partial charge in [0, 0.05) is 4.86 Å². The average molecular weight is 154 g/mol. The molecule has 54 valence electrons. The summed E-state index contributed by atoms with van der Waals surface area (Å²) in [5, 5.41) is 0. The van der Waals surface area contributed by atoms with Gasteiger partial charge in [-0.3, -0.25) is 0 Å². The van der Waals surface area contributed by atoms with Crippen LogP contribution in [0.3, 0.4) is 0 Å². The van der Waals surface area contributed by atoms with Gasteiger partial charge in [-0.15, -0.1) is 0 Å². The third-order valence-corrected chi connectivity index (χ3v) is 1.75. The molecule has 0 aromatic carbocycles. The zero-order valence-corrected chi connectivity index (χ0v) is 6.78.